The molecule has 2 saturated heterocycles. The van der Waals surface area contributed by atoms with Crippen LogP contribution >= 0.6 is 34.9 Å². The Morgan fingerprint density at radius 1 is 1.28 bits per heavy atom. The van der Waals surface area contributed by atoms with Crippen molar-refractivity contribution in [2.75, 3.05) is 24.6 Å². The van der Waals surface area contributed by atoms with Gasteiger partial charge in [-0.2, -0.15) is 9.36 Å². The molecule has 0 unspecified atom stereocenters. The molecule has 0 saturated carbocycles. The normalized spacial score (nSPS) is 18.9. The van der Waals surface area contributed by atoms with Crippen molar-refractivity contribution in [1.82, 2.24) is 39.5 Å². The number of carbonyl (C=O) groups is 4. The van der Waals surface area contributed by atoms with E-state index in [1.807, 2.05) is 0 Å². The number of amidine groups is 1. The van der Waals surface area contributed by atoms with Crippen LogP contribution in [0.15, 0.2) is 53.2 Å². The van der Waals surface area contributed by atoms with Crippen molar-refractivity contribution in [2.24, 2.45) is 5.16 Å². The number of hydrogen-bond acceptors (Lipinski definition) is 15. The quantitative estimate of drug-likeness (QED) is 0.0310. The van der Waals surface area contributed by atoms with E-state index in [2.05, 4.69) is 30.6 Å². The van der Waals surface area contributed by atoms with Crippen LogP contribution in [0.5, 0.6) is 0 Å². The van der Waals surface area contributed by atoms with Crippen molar-refractivity contribution in [3.05, 3.63) is 75.9 Å². The number of halogens is 2. The van der Waals surface area contributed by atoms with Gasteiger partial charge in [-0.1, -0.05) is 16.8 Å². The van der Waals surface area contributed by atoms with E-state index in [9.17, 15) is 29.4 Å². The number of fused-ring (bicyclic) bond motifs is 2. The second-order valence-corrected chi connectivity index (χ2v) is 16.2. The van der Waals surface area contributed by atoms with Crippen molar-refractivity contribution >= 4 is 81.0 Å². The third kappa shape index (κ3) is 8.07. The number of nitrogens with two attached hydrogens (primary N) is 1. The number of oxime groups is 1. The molecule has 3 aliphatic heterocycles. The van der Waals surface area contributed by atoms with E-state index in [1.165, 1.54) is 37.7 Å². The molecule has 58 heavy (non-hydrogen) atoms. The molecule has 24 heteroatoms. The number of benzene rings is 1. The van der Waals surface area contributed by atoms with E-state index in [4.69, 9.17) is 32.4 Å². The SMILES string of the molecule is CC(C)(O/N=C(\C(=O)N[C@@H]1C(=O)N2C(C(=O)[O-])=C(C[n+]3ccc4n(Cc5c(F)cc(C(=N)NOC6CCNCC6)cc5Cl)ccn43)CS[C@H]12)c1nsc(N)n1)C(=O)O. The van der Waals surface area contributed by atoms with Crippen LogP contribution in [0.3, 0.4) is 0 Å². The van der Waals surface area contributed by atoms with Gasteiger partial charge < -0.3 is 40.8 Å². The number of carbonyl (C=O) groups excluding carboxylic acids is 3. The van der Waals surface area contributed by atoms with Gasteiger partial charge in [-0.15, -0.1) is 21.0 Å². The molecule has 0 radical (unpaired) electrons. The van der Waals surface area contributed by atoms with Crippen LogP contribution in [-0.2, 0) is 41.9 Å². The maximum absolute atomic E-state index is 15.5. The van der Waals surface area contributed by atoms with Crippen molar-refractivity contribution in [3.8, 4) is 0 Å². The highest BCUT2D eigenvalue weighted by atomic mass is 35.5. The first kappa shape index (κ1) is 40.6. The number of β-lactam (4-membered cyclic amide) rings is 1. The van der Waals surface area contributed by atoms with E-state index in [0.29, 0.717) is 11.2 Å². The highest BCUT2D eigenvalue weighted by Gasteiger charge is 2.53. The highest BCUT2D eigenvalue weighted by Crippen LogP contribution is 2.40. The summed E-state index contributed by atoms with van der Waals surface area (Å²) in [6.07, 6.45) is 6.62. The zero-order chi connectivity index (χ0) is 41.5. The number of imidazole rings is 1. The lowest BCUT2D eigenvalue weighted by Gasteiger charge is -2.50. The van der Waals surface area contributed by atoms with Crippen LogP contribution in [0.2, 0.25) is 5.02 Å². The summed E-state index contributed by atoms with van der Waals surface area (Å²) in [5.41, 5.74) is 6.95. The molecule has 20 nitrogen and oxygen atoms in total. The predicted molar refractivity (Wildman–Crippen MR) is 204 cm³/mol. The van der Waals surface area contributed by atoms with E-state index in [1.54, 1.807) is 38.4 Å². The Labute approximate surface area is 341 Å². The number of carboxylic acids is 2. The lowest BCUT2D eigenvalue weighted by atomic mass is 10.0. The van der Waals surface area contributed by atoms with Crippen molar-refractivity contribution < 1.29 is 48.1 Å². The van der Waals surface area contributed by atoms with Gasteiger partial charge in [0, 0.05) is 45.2 Å². The molecule has 2 amide bonds. The lowest BCUT2D eigenvalue weighted by Crippen LogP contribution is -2.71. The third-order valence-electron chi connectivity index (χ3n) is 9.59. The average molecular weight is 859 g/mol. The smallest absolute Gasteiger partial charge is 0.350 e. The monoisotopic (exact) mass is 858 g/mol. The second-order valence-electron chi connectivity index (χ2n) is 13.9. The Morgan fingerprint density at radius 2 is 2.03 bits per heavy atom. The third-order valence-corrected chi connectivity index (χ3v) is 11.8. The van der Waals surface area contributed by atoms with E-state index < -0.39 is 52.3 Å². The molecule has 1 aromatic carbocycles. The molecular weight excluding hydrogens is 823 g/mol. The number of nitrogens with one attached hydrogen (secondary N) is 4. The molecule has 3 aliphatic rings. The van der Waals surface area contributed by atoms with Gasteiger partial charge in [0.1, 0.15) is 23.1 Å². The summed E-state index contributed by atoms with van der Waals surface area (Å²) >= 11 is 8.49. The Bertz CT molecular complexity index is 2370. The summed E-state index contributed by atoms with van der Waals surface area (Å²) in [7, 11) is 0. The van der Waals surface area contributed by atoms with Gasteiger partial charge in [-0.3, -0.25) is 24.7 Å². The summed E-state index contributed by atoms with van der Waals surface area (Å²) in [4.78, 5) is 66.6. The Kier molecular flexibility index (Phi) is 11.4. The molecule has 6 heterocycles. The van der Waals surface area contributed by atoms with Crippen LogP contribution in [0, 0.1) is 11.2 Å². The molecular formula is C34H36ClFN12O8S2. The first-order valence-electron chi connectivity index (χ1n) is 17.7. The number of hydrogen-bond donors (Lipinski definition) is 6. The fourth-order valence-corrected chi connectivity index (χ4v) is 8.44. The molecule has 7 rings (SSSR count). The van der Waals surface area contributed by atoms with E-state index >= 15 is 4.39 Å². The maximum atomic E-state index is 15.5. The fraction of sp³-hybridized carbons (Fsp3) is 0.382. The minimum atomic E-state index is -1.84. The second kappa shape index (κ2) is 16.3. The number of aromatic nitrogens is 5. The molecule has 306 valence electrons. The Balaban J connectivity index is 1.04. The molecule has 2 fully saturated rings. The number of nitrogen functional groups attached to an aromatic ring is 1. The number of nitrogens with zero attached hydrogens (tertiary/aromatic N) is 7. The number of rotatable bonds is 14. The first-order valence-corrected chi connectivity index (χ1v) is 19.9. The van der Waals surface area contributed by atoms with Crippen LogP contribution in [-0.4, -0.2) is 106 Å². The van der Waals surface area contributed by atoms with Crippen molar-refractivity contribution in [2.45, 2.75) is 62.9 Å². The van der Waals surface area contributed by atoms with Gasteiger partial charge in [0.25, 0.3) is 11.8 Å². The minimum Gasteiger partial charge on any atom is -0.543 e. The highest BCUT2D eigenvalue weighted by molar-refractivity contribution is 8.00. The van der Waals surface area contributed by atoms with Gasteiger partial charge in [-0.25, -0.2) is 14.7 Å². The average Bonchev–Trinajstić information content (AvgIpc) is 3.92. The molecule has 2 atom stereocenters. The van der Waals surface area contributed by atoms with Crippen LogP contribution < -0.4 is 31.6 Å². The molecule has 4 aromatic rings. The fourth-order valence-electron chi connectivity index (χ4n) is 6.40. The standard InChI is InChI=1S/C34H36ClFN12O8S2/c1-34(2,32(53)54)56-42-23(27-41-33(38)58-44-27)28(49)40-24-29(50)48-25(31(51)52)17(15-57-30(24)48)13-46-8-5-22-45(9-10-47(22)46)14-19-20(35)11-16(12-21(19)36)26(37)43-55-18-3-6-39-7-4-18/h5,8-12,18,24,30,39H,3-4,6-7,13-15H2,1-2H3,(H6-,37,38,40,41,43,44,49,51,52,53,54)/b42-23-/t24-,30-/m1/s1. The van der Waals surface area contributed by atoms with Gasteiger partial charge >= 0.3 is 5.97 Å². The zero-order valence-corrected chi connectivity index (χ0v) is 33.1. The number of amides is 2. The molecule has 0 bridgehead atoms. The summed E-state index contributed by atoms with van der Waals surface area (Å²) in [6, 6.07) is 3.27. The van der Waals surface area contributed by atoms with Gasteiger partial charge in [0.15, 0.2) is 23.5 Å². The van der Waals surface area contributed by atoms with Crippen LogP contribution in [0.25, 0.3) is 5.65 Å². The Morgan fingerprint density at radius 3 is 2.71 bits per heavy atom. The number of carboxylic acid groups (broad SMARTS) is 2. The first-order chi connectivity index (χ1) is 27.6. The number of anilines is 1. The van der Waals surface area contributed by atoms with Crippen molar-refractivity contribution in [3.63, 3.8) is 0 Å². The summed E-state index contributed by atoms with van der Waals surface area (Å²) in [5, 5.41) is 39.0. The molecule has 0 aliphatic carbocycles. The molecule has 0 spiro atoms. The largest absolute Gasteiger partial charge is 0.543 e. The summed E-state index contributed by atoms with van der Waals surface area (Å²) in [5.74, 6) is -5.53. The van der Waals surface area contributed by atoms with Crippen LogP contribution in [0.4, 0.5) is 9.52 Å². The number of hydroxylamine groups is 1. The van der Waals surface area contributed by atoms with Gasteiger partial charge in [-0.05, 0) is 51.9 Å². The molecule has 3 aromatic heterocycles. The van der Waals surface area contributed by atoms with Crippen molar-refractivity contribution in [1.29, 1.82) is 5.41 Å². The summed E-state index contributed by atoms with van der Waals surface area (Å²) in [6.45, 7) is 4.11. The number of aliphatic carboxylic acids is 2. The Hall–Kier alpha value is -5.62. The number of thioether (sulfide) groups is 1. The number of piperidine rings is 1. The maximum Gasteiger partial charge on any atom is 0.350 e. The molecule has 7 N–H and O–H groups in total. The lowest BCUT2D eigenvalue weighted by molar-refractivity contribution is -0.753. The summed E-state index contributed by atoms with van der Waals surface area (Å²) < 4.78 is 24.6. The van der Waals surface area contributed by atoms with Crippen LogP contribution in [0.1, 0.15) is 43.6 Å². The van der Waals surface area contributed by atoms with Gasteiger partial charge in [0.05, 0.1) is 36.6 Å². The van der Waals surface area contributed by atoms with Gasteiger partial charge in [0.2, 0.25) is 17.1 Å². The van der Waals surface area contributed by atoms with E-state index in [-0.39, 0.29) is 63.6 Å². The minimum absolute atomic E-state index is 0.0125. The topological polar surface area (TPSA) is 271 Å². The predicted octanol–water partition coefficient (Wildman–Crippen LogP) is -0.411. The zero-order valence-electron chi connectivity index (χ0n) is 30.7. The van der Waals surface area contributed by atoms with E-state index in [0.717, 1.165) is 42.4 Å².